The first-order chi connectivity index (χ1) is 64.3. The van der Waals surface area contributed by atoms with E-state index in [2.05, 4.69) is 163 Å². The Morgan fingerprint density at radius 2 is 0.681 bits per heavy atom. The molecule has 16 rings (SSSR count). The molecule has 4 aromatic carbocycles. The second-order valence-electron chi connectivity index (χ2n) is 37.0. The van der Waals surface area contributed by atoms with E-state index in [-0.39, 0.29) is 105 Å². The third kappa shape index (κ3) is 28.5. The average molecular weight is 2660 g/mol. The van der Waals surface area contributed by atoms with Gasteiger partial charge in [-0.05, 0) is 220 Å². The minimum absolute atomic E-state index is 0. The van der Waals surface area contributed by atoms with Crippen LogP contribution in [0.3, 0.4) is 0 Å². The molecule has 1 unspecified atom stereocenters. The van der Waals surface area contributed by atoms with Crippen LogP contribution in [0.1, 0.15) is 143 Å². The molecule has 0 spiro atoms. The van der Waals surface area contributed by atoms with Crippen LogP contribution in [0.2, 0.25) is 14.8 Å². The van der Waals surface area contributed by atoms with Gasteiger partial charge in [-0.3, -0.25) is 0 Å². The Balaban J connectivity index is 0.000000176. The molecule has 138 heavy (non-hydrogen) atoms. The Labute approximate surface area is 891 Å². The Bertz CT molecular complexity index is 6150. The van der Waals surface area contributed by atoms with Gasteiger partial charge in [0.2, 0.25) is 20.4 Å². The predicted octanol–water partition coefficient (Wildman–Crippen LogP) is 18.1. The molecule has 0 fully saturated rings. The molecule has 1 atom stereocenters. The SMILES string of the molecule is CC(C)N(CCCn1c(Sc2cc3c(c[c]2[Sn]([CH3])([CH3])[CH3])OCO3)nc2c(N)ncnc21)C(=O)OC(C)(C)C.CC(C)N(CCCn1c(Sc2cc3c(cc2I)OCO3)nc2c(N)ncnc21)C(=O)OC(C)(C)C.CC(C)N(CCCn1c(Sc2cc3c(cc2[124I])OCO3)nc2c(N)ncnc21)C(=O)OC(C)(C)C.CC(C)NCCCn1c(Sc2cc3c(cc2I)OCO3)nc2c(N)ncnc21.P.[U]. The Morgan fingerprint density at radius 1 is 0.420 bits per heavy atom. The molecule has 742 valence electrons. The van der Waals surface area contributed by atoms with Crippen molar-refractivity contribution in [2.75, 3.05) is 76.3 Å². The van der Waals surface area contributed by atoms with Crippen LogP contribution in [0.4, 0.5) is 37.7 Å². The van der Waals surface area contributed by atoms with E-state index in [0.717, 1.165) is 111 Å². The number of nitrogens with zero attached hydrogens (tertiary/aromatic N) is 19. The van der Waals surface area contributed by atoms with E-state index in [0.29, 0.717) is 138 Å². The van der Waals surface area contributed by atoms with Gasteiger partial charge in [-0.1, -0.05) is 49.1 Å². The van der Waals surface area contributed by atoms with E-state index in [1.807, 2.05) is 149 Å². The van der Waals surface area contributed by atoms with Crippen LogP contribution in [0.25, 0.3) is 44.7 Å². The van der Waals surface area contributed by atoms with Gasteiger partial charge in [0.15, 0.2) is 101 Å². The maximum absolute atomic E-state index is 12.8. The topological polar surface area (TPSA) is 453 Å². The summed E-state index contributed by atoms with van der Waals surface area (Å²) in [5.74, 6) is 7.36. The number of nitrogens with two attached hydrogens (primary N) is 4. The number of halogens is 3. The Morgan fingerprint density at radius 3 is 0.971 bits per heavy atom. The first-order valence-corrected chi connectivity index (χ1v) is 60.8. The molecular formula is C90H120I3N24O14PS4SnU. The van der Waals surface area contributed by atoms with Gasteiger partial charge >= 0.3 is 225 Å². The molecule has 48 heteroatoms. The van der Waals surface area contributed by atoms with Crippen molar-refractivity contribution in [3.05, 3.63) is 84.6 Å². The summed E-state index contributed by atoms with van der Waals surface area (Å²) in [6.45, 7) is 39.0. The quantitative estimate of drug-likeness (QED) is 0.00955. The first kappa shape index (κ1) is 111. The monoisotopic (exact) mass is 2660 g/mol. The number of benzene rings is 4. The number of amides is 3. The van der Waals surface area contributed by atoms with Gasteiger partial charge in [-0.15, -0.1) is 0 Å². The number of carbonyl (C=O) groups excluding carboxylic acids is 3. The summed E-state index contributed by atoms with van der Waals surface area (Å²) in [5, 5.41) is 6.52. The number of carbonyl (C=O) groups is 3. The number of hydrogen-bond acceptors (Lipinski definition) is 35. The minimum atomic E-state index is -2.55. The molecule has 4 aliphatic heterocycles. The number of hydrogen-bond donors (Lipinski definition) is 5. The number of ether oxygens (including phenoxy) is 11. The maximum atomic E-state index is 12.8. The summed E-state index contributed by atoms with van der Waals surface area (Å²) in [5.41, 5.74) is 27.9. The Hall–Kier alpha value is -7.68. The Kier molecular flexibility index (Phi) is 38.6. The standard InChI is InChI=1S/2C23H29IN6O4S.C23H29N6O4S.C18H21IN6O2S.3CH3.H3P.Sn.U/c2*1-13(2)29(22(31)34-23(3,4)5)7-6-8-30-20-18(19(25)26-11-27-20)28-21(30)35-17-10-16-15(9-14(17)24)32-12-33-16;1-14(2)28(22(30)33-23(3,4)5)9-6-10-29-20-18(19(24)25-12-26-20)27-21(29)34-15-7-8-16-17(11-15)32-13-31-16;1-10(2)21-4-3-5-25-17-15(16(20)22-8-23-17)24-18(25)28-14-7-13-12(6-11(14)19)26-9-27-13;;;;;;/h2*9-11,13H,6-8,12H2,1-5H3,(H2,25,26,27);8,11-12,14H,6,9-10,13H2,1-5H3,(H2,24,25,26);6-8,10,21H,3-5,9H2,1-2H3,(H2,20,22,23);4*1H3;;/i24-3;;;;;;;;;. The fourth-order valence-electron chi connectivity index (χ4n) is 14.2. The normalized spacial score (nSPS) is 12.9. The number of aryl methyl sites for hydroxylation is 4. The molecular weight excluding hydrogens is 2530 g/mol. The van der Waals surface area contributed by atoms with Gasteiger partial charge in [0.25, 0.3) is 0 Å². The molecule has 3 amide bonds. The van der Waals surface area contributed by atoms with Crippen molar-refractivity contribution in [2.24, 2.45) is 0 Å². The van der Waals surface area contributed by atoms with Gasteiger partial charge in [0, 0.05) is 107 Å². The minimum Gasteiger partial charge on any atom is -0.454 e. The molecule has 0 saturated heterocycles. The molecule has 0 aliphatic carbocycles. The number of rotatable bonds is 29. The van der Waals surface area contributed by atoms with Gasteiger partial charge in [-0.2, -0.15) is 9.90 Å². The first-order valence-electron chi connectivity index (χ1n) is 44.4. The molecule has 38 nitrogen and oxygen atoms in total. The number of fused-ring (bicyclic) bond motifs is 8. The van der Waals surface area contributed by atoms with Gasteiger partial charge < -0.3 is 83.9 Å². The van der Waals surface area contributed by atoms with Gasteiger partial charge in [0.05, 0.1) is 0 Å². The van der Waals surface area contributed by atoms with Crippen LogP contribution in [-0.2, 0) is 40.4 Å². The second kappa shape index (κ2) is 48.1. The van der Waals surface area contributed by atoms with E-state index >= 15 is 0 Å². The van der Waals surface area contributed by atoms with Crippen LogP contribution < -0.4 is 69.7 Å². The zero-order valence-corrected chi connectivity index (χ0v) is 99.2. The van der Waals surface area contributed by atoms with Crippen molar-refractivity contribution >= 4 is 233 Å². The van der Waals surface area contributed by atoms with Crippen molar-refractivity contribution in [3.8, 4) is 46.0 Å². The summed E-state index contributed by atoms with van der Waals surface area (Å²) in [6, 6.07) is 16.5. The van der Waals surface area contributed by atoms with Crippen molar-refractivity contribution in [1.82, 2.24) is 98.1 Å². The molecule has 0 bridgehead atoms. The molecule has 12 heterocycles. The summed E-state index contributed by atoms with van der Waals surface area (Å²) < 4.78 is 73.9. The van der Waals surface area contributed by atoms with Crippen LogP contribution >= 0.6 is 125 Å². The third-order valence-electron chi connectivity index (χ3n) is 20.7. The zero-order chi connectivity index (χ0) is 98.2. The second-order valence-corrected chi connectivity index (χ2v) is 58.9. The summed E-state index contributed by atoms with van der Waals surface area (Å²) >= 11 is 10.5. The summed E-state index contributed by atoms with van der Waals surface area (Å²) in [7, 11) is 0. The molecule has 12 aromatic rings. The summed E-state index contributed by atoms with van der Waals surface area (Å²) in [4.78, 5) is 108. The van der Waals surface area contributed by atoms with E-state index < -0.39 is 35.2 Å². The van der Waals surface area contributed by atoms with E-state index in [4.69, 9.17) is 95.0 Å². The molecule has 9 N–H and O–H groups in total. The van der Waals surface area contributed by atoms with Gasteiger partial charge in [-0.25, -0.2) is 54.4 Å². The van der Waals surface area contributed by atoms with E-state index in [1.54, 1.807) is 38.2 Å². The number of nitrogen functional groups attached to an aromatic ring is 4. The third-order valence-corrected chi connectivity index (χ3v) is 35.0. The van der Waals surface area contributed by atoms with Crippen LogP contribution in [0, 0.1) is 41.8 Å². The number of imidazole rings is 4. The smallest absolute Gasteiger partial charge is 0.454 e. The fourth-order valence-corrected chi connectivity index (χ4v) is 26.8. The number of nitrogens with one attached hydrogen (secondary N) is 1. The van der Waals surface area contributed by atoms with Crippen molar-refractivity contribution < 1.29 is 97.6 Å². The summed E-state index contributed by atoms with van der Waals surface area (Å²) in [6.07, 6.45) is 7.88. The van der Waals surface area contributed by atoms with Crippen molar-refractivity contribution in [3.63, 3.8) is 0 Å². The predicted molar refractivity (Wildman–Crippen MR) is 564 cm³/mol. The van der Waals surface area contributed by atoms with Gasteiger partial charge in [0.1, 0.15) is 30.2 Å². The van der Waals surface area contributed by atoms with Crippen LogP contribution in [0.15, 0.2) is 114 Å². The van der Waals surface area contributed by atoms with Crippen LogP contribution in [0.5, 0.6) is 46.0 Å². The van der Waals surface area contributed by atoms with E-state index in [9.17, 15) is 14.4 Å². The fraction of sp³-hybridized carbons (Fsp3) is 0.478. The molecule has 0 radical (unpaired) electrons. The molecule has 0 saturated carbocycles. The number of aromatic nitrogens is 16. The van der Waals surface area contributed by atoms with E-state index in [1.165, 1.54) is 52.4 Å². The zero-order valence-electron chi connectivity index (χ0n) is 81.0. The molecule has 4 aliphatic rings. The van der Waals surface area contributed by atoms with Crippen LogP contribution in [-0.4, -0.2) is 224 Å². The number of anilines is 4. The molecule has 8 aromatic heterocycles. The van der Waals surface area contributed by atoms with Crippen molar-refractivity contribution in [1.29, 1.82) is 0 Å². The van der Waals surface area contributed by atoms with Crippen molar-refractivity contribution in [2.45, 2.75) is 266 Å². The average Bonchev–Trinajstić information content (AvgIpc) is 1.61.